The SMILES string of the molecule is CCNC(=NCc1cc(C#N)ccc1F)NCC1(C(=O)N(C)C)CCCC1.I. The first-order valence-corrected chi connectivity index (χ1v) is 9.34. The van der Waals surface area contributed by atoms with E-state index in [-0.39, 0.29) is 42.2 Å². The normalized spacial score (nSPS) is 15.3. The van der Waals surface area contributed by atoms with Crippen LogP contribution in [-0.2, 0) is 11.3 Å². The first-order valence-electron chi connectivity index (χ1n) is 9.34. The molecule has 28 heavy (non-hydrogen) atoms. The molecule has 1 aromatic rings. The van der Waals surface area contributed by atoms with Crippen LogP contribution in [0.3, 0.4) is 0 Å². The number of rotatable bonds is 6. The summed E-state index contributed by atoms with van der Waals surface area (Å²) in [6, 6.07) is 6.25. The van der Waals surface area contributed by atoms with E-state index in [1.54, 1.807) is 19.0 Å². The Morgan fingerprint density at radius 1 is 1.32 bits per heavy atom. The molecule has 0 aliphatic heterocycles. The molecule has 2 rings (SSSR count). The minimum absolute atomic E-state index is 0. The van der Waals surface area contributed by atoms with Crippen LogP contribution in [0.25, 0.3) is 0 Å². The van der Waals surface area contributed by atoms with Crippen molar-refractivity contribution in [2.24, 2.45) is 10.4 Å². The molecular formula is C20H29FIN5O. The van der Waals surface area contributed by atoms with E-state index in [1.165, 1.54) is 18.2 Å². The quantitative estimate of drug-likeness (QED) is 0.357. The van der Waals surface area contributed by atoms with Crippen LogP contribution in [0.1, 0.15) is 43.7 Å². The summed E-state index contributed by atoms with van der Waals surface area (Å²) >= 11 is 0. The summed E-state index contributed by atoms with van der Waals surface area (Å²) in [7, 11) is 3.57. The lowest BCUT2D eigenvalue weighted by molar-refractivity contribution is -0.138. The summed E-state index contributed by atoms with van der Waals surface area (Å²) in [5.41, 5.74) is 0.360. The molecule has 1 amide bonds. The van der Waals surface area contributed by atoms with Crippen molar-refractivity contribution in [2.45, 2.75) is 39.2 Å². The largest absolute Gasteiger partial charge is 0.357 e. The van der Waals surface area contributed by atoms with E-state index in [2.05, 4.69) is 15.6 Å². The molecule has 0 atom stereocenters. The molecule has 154 valence electrons. The van der Waals surface area contributed by atoms with Crippen molar-refractivity contribution in [3.05, 3.63) is 35.1 Å². The summed E-state index contributed by atoms with van der Waals surface area (Å²) in [5, 5.41) is 15.4. The highest BCUT2D eigenvalue weighted by Gasteiger charge is 2.42. The van der Waals surface area contributed by atoms with Crippen LogP contribution < -0.4 is 10.6 Å². The van der Waals surface area contributed by atoms with E-state index in [4.69, 9.17) is 5.26 Å². The molecule has 1 aliphatic carbocycles. The van der Waals surface area contributed by atoms with Crippen LogP contribution in [0.15, 0.2) is 23.2 Å². The van der Waals surface area contributed by atoms with Crippen LogP contribution in [0.4, 0.5) is 4.39 Å². The molecule has 1 aliphatic rings. The van der Waals surface area contributed by atoms with Gasteiger partial charge in [-0.15, -0.1) is 24.0 Å². The Morgan fingerprint density at radius 3 is 2.57 bits per heavy atom. The second-order valence-electron chi connectivity index (χ2n) is 7.15. The third-order valence-corrected chi connectivity index (χ3v) is 4.94. The molecule has 1 aromatic carbocycles. The molecule has 0 aromatic heterocycles. The van der Waals surface area contributed by atoms with Crippen molar-refractivity contribution in [3.8, 4) is 6.07 Å². The maximum atomic E-state index is 14.0. The average Bonchev–Trinajstić information content (AvgIpc) is 3.14. The third kappa shape index (κ3) is 6.06. The zero-order valence-corrected chi connectivity index (χ0v) is 19.0. The summed E-state index contributed by atoms with van der Waals surface area (Å²) in [4.78, 5) is 18.8. The van der Waals surface area contributed by atoms with Gasteiger partial charge in [-0.2, -0.15) is 5.26 Å². The van der Waals surface area contributed by atoms with E-state index in [0.29, 0.717) is 30.2 Å². The molecule has 8 heteroatoms. The van der Waals surface area contributed by atoms with Gasteiger partial charge >= 0.3 is 0 Å². The van der Waals surface area contributed by atoms with E-state index >= 15 is 0 Å². The number of benzene rings is 1. The fourth-order valence-electron chi connectivity index (χ4n) is 3.52. The number of hydrogen-bond acceptors (Lipinski definition) is 3. The zero-order valence-electron chi connectivity index (χ0n) is 16.7. The van der Waals surface area contributed by atoms with Crippen molar-refractivity contribution in [2.75, 3.05) is 27.2 Å². The van der Waals surface area contributed by atoms with Gasteiger partial charge in [0.1, 0.15) is 5.82 Å². The number of nitriles is 1. The maximum Gasteiger partial charge on any atom is 0.230 e. The highest BCUT2D eigenvalue weighted by atomic mass is 127. The summed E-state index contributed by atoms with van der Waals surface area (Å²) in [6.45, 7) is 3.22. The van der Waals surface area contributed by atoms with E-state index in [9.17, 15) is 9.18 Å². The van der Waals surface area contributed by atoms with Crippen molar-refractivity contribution in [1.82, 2.24) is 15.5 Å². The highest BCUT2D eigenvalue weighted by Crippen LogP contribution is 2.38. The Balaban J connectivity index is 0.00000392. The van der Waals surface area contributed by atoms with E-state index in [0.717, 1.165) is 25.7 Å². The fourth-order valence-corrected chi connectivity index (χ4v) is 3.52. The minimum Gasteiger partial charge on any atom is -0.357 e. The van der Waals surface area contributed by atoms with Gasteiger partial charge < -0.3 is 15.5 Å². The Bertz CT molecular complexity index is 739. The lowest BCUT2D eigenvalue weighted by Gasteiger charge is -2.31. The molecule has 0 spiro atoms. The fraction of sp³-hybridized carbons (Fsp3) is 0.550. The van der Waals surface area contributed by atoms with Crippen molar-refractivity contribution < 1.29 is 9.18 Å². The van der Waals surface area contributed by atoms with E-state index < -0.39 is 5.41 Å². The Kier molecular flexibility index (Phi) is 9.65. The van der Waals surface area contributed by atoms with Crippen molar-refractivity contribution in [1.29, 1.82) is 5.26 Å². The molecule has 1 saturated carbocycles. The van der Waals surface area contributed by atoms with Gasteiger partial charge in [0.25, 0.3) is 0 Å². The van der Waals surface area contributed by atoms with E-state index in [1.807, 2.05) is 13.0 Å². The number of guanidine groups is 1. The Labute approximate surface area is 183 Å². The number of nitrogens with one attached hydrogen (secondary N) is 2. The van der Waals surface area contributed by atoms with Gasteiger partial charge in [-0.25, -0.2) is 9.38 Å². The Hall–Kier alpha value is -1.89. The number of hydrogen-bond donors (Lipinski definition) is 2. The van der Waals surface area contributed by atoms with Gasteiger partial charge in [-0.05, 0) is 38.0 Å². The summed E-state index contributed by atoms with van der Waals surface area (Å²) in [5.74, 6) is 0.289. The molecule has 1 fully saturated rings. The molecule has 2 N–H and O–H groups in total. The second kappa shape index (κ2) is 11.2. The smallest absolute Gasteiger partial charge is 0.230 e. The number of amides is 1. The summed E-state index contributed by atoms with van der Waals surface area (Å²) < 4.78 is 14.0. The number of carbonyl (C=O) groups is 1. The first-order chi connectivity index (χ1) is 12.9. The maximum absolute atomic E-state index is 14.0. The number of nitrogens with zero attached hydrogens (tertiary/aromatic N) is 3. The monoisotopic (exact) mass is 501 g/mol. The van der Waals surface area contributed by atoms with Gasteiger partial charge in [-0.3, -0.25) is 4.79 Å². The van der Waals surface area contributed by atoms with Gasteiger partial charge in [0.2, 0.25) is 5.91 Å². The predicted octanol–water partition coefficient (Wildman–Crippen LogP) is 3.02. The molecule has 0 bridgehead atoms. The van der Waals surface area contributed by atoms with Crippen LogP contribution in [0.2, 0.25) is 0 Å². The van der Waals surface area contributed by atoms with Crippen LogP contribution in [0.5, 0.6) is 0 Å². The van der Waals surface area contributed by atoms with Gasteiger partial charge in [0, 0.05) is 32.7 Å². The lowest BCUT2D eigenvalue weighted by Crippen LogP contribution is -2.49. The van der Waals surface area contributed by atoms with Crippen molar-refractivity contribution >= 4 is 35.8 Å². The summed E-state index contributed by atoms with van der Waals surface area (Å²) in [6.07, 6.45) is 3.80. The number of aliphatic imine (C=N–C) groups is 1. The molecule has 6 nitrogen and oxygen atoms in total. The molecule has 0 unspecified atom stereocenters. The van der Waals surface area contributed by atoms with Gasteiger partial charge in [0.05, 0.1) is 23.6 Å². The van der Waals surface area contributed by atoms with Crippen LogP contribution in [0, 0.1) is 22.6 Å². The first kappa shape index (κ1) is 24.1. The number of carbonyl (C=O) groups excluding carboxylic acids is 1. The van der Waals surface area contributed by atoms with Gasteiger partial charge in [0.15, 0.2) is 5.96 Å². The molecule has 0 saturated heterocycles. The minimum atomic E-state index is -0.411. The average molecular weight is 501 g/mol. The van der Waals surface area contributed by atoms with Crippen molar-refractivity contribution in [3.63, 3.8) is 0 Å². The highest BCUT2D eigenvalue weighted by molar-refractivity contribution is 14.0. The molecular weight excluding hydrogens is 472 g/mol. The molecule has 0 radical (unpaired) electrons. The number of halogens is 2. The standard InChI is InChI=1S/C20H28FN5O.HI/c1-4-23-19(24-13-16-11-15(12-22)7-8-17(16)21)25-14-20(9-5-6-10-20)18(27)26(2)3;/h7-8,11H,4-6,9-10,13-14H2,1-3H3,(H2,23,24,25);1H. The molecule has 0 heterocycles. The predicted molar refractivity (Wildman–Crippen MR) is 119 cm³/mol. The van der Waals surface area contributed by atoms with Crippen LogP contribution in [-0.4, -0.2) is 44.0 Å². The topological polar surface area (TPSA) is 80.5 Å². The Morgan fingerprint density at radius 2 is 2.00 bits per heavy atom. The second-order valence-corrected chi connectivity index (χ2v) is 7.15. The lowest BCUT2D eigenvalue weighted by atomic mass is 9.84. The zero-order chi connectivity index (χ0) is 19.9. The third-order valence-electron chi connectivity index (χ3n) is 4.94. The van der Waals surface area contributed by atoms with Gasteiger partial charge in [-0.1, -0.05) is 12.8 Å². The van der Waals surface area contributed by atoms with Crippen LogP contribution >= 0.6 is 24.0 Å².